The summed E-state index contributed by atoms with van der Waals surface area (Å²) in [6.45, 7) is 2.89. The SMILES string of the molecule is CC(=O)N1CCC(C(=O)NCc2ccccc2)(N(Cc2cccnc2)C(=O)c2ccc(Br)cc2)CC1. The number of rotatable bonds is 7. The predicted molar refractivity (Wildman–Crippen MR) is 141 cm³/mol. The predicted octanol–water partition coefficient (Wildman–Crippen LogP) is 4.18. The van der Waals surface area contributed by atoms with Crippen molar-refractivity contribution < 1.29 is 14.4 Å². The molecule has 1 aliphatic heterocycles. The molecule has 7 nitrogen and oxygen atoms in total. The lowest BCUT2D eigenvalue weighted by molar-refractivity contribution is -0.141. The van der Waals surface area contributed by atoms with Crippen LogP contribution in [0.15, 0.2) is 83.6 Å². The Labute approximate surface area is 219 Å². The van der Waals surface area contributed by atoms with Crippen LogP contribution in [0.3, 0.4) is 0 Å². The van der Waals surface area contributed by atoms with E-state index in [0.717, 1.165) is 15.6 Å². The maximum Gasteiger partial charge on any atom is 0.255 e. The molecule has 1 fully saturated rings. The summed E-state index contributed by atoms with van der Waals surface area (Å²) < 4.78 is 0.864. The number of nitrogens with zero attached hydrogens (tertiary/aromatic N) is 3. The van der Waals surface area contributed by atoms with Crippen LogP contribution in [-0.4, -0.2) is 51.1 Å². The van der Waals surface area contributed by atoms with E-state index in [4.69, 9.17) is 0 Å². The molecule has 2 aromatic carbocycles. The first-order chi connectivity index (χ1) is 17.4. The van der Waals surface area contributed by atoms with E-state index >= 15 is 0 Å². The smallest absolute Gasteiger partial charge is 0.255 e. The van der Waals surface area contributed by atoms with E-state index in [1.54, 1.807) is 34.3 Å². The highest BCUT2D eigenvalue weighted by molar-refractivity contribution is 9.10. The number of pyridine rings is 1. The number of benzene rings is 2. The summed E-state index contributed by atoms with van der Waals surface area (Å²) in [7, 11) is 0. The molecule has 1 aliphatic rings. The summed E-state index contributed by atoms with van der Waals surface area (Å²) in [4.78, 5) is 47.6. The maximum absolute atomic E-state index is 14.0. The van der Waals surface area contributed by atoms with Gasteiger partial charge in [0.05, 0.1) is 0 Å². The van der Waals surface area contributed by atoms with E-state index in [1.165, 1.54) is 6.92 Å². The minimum absolute atomic E-state index is 0.0358. The first kappa shape index (κ1) is 25.6. The summed E-state index contributed by atoms with van der Waals surface area (Å²) >= 11 is 3.42. The Morgan fingerprint density at radius 3 is 2.25 bits per heavy atom. The van der Waals surface area contributed by atoms with Gasteiger partial charge in [-0.15, -0.1) is 0 Å². The third kappa shape index (κ3) is 5.82. The van der Waals surface area contributed by atoms with Gasteiger partial charge in [-0.25, -0.2) is 0 Å². The normalized spacial score (nSPS) is 14.7. The number of likely N-dealkylation sites (tertiary alicyclic amines) is 1. The first-order valence-corrected chi connectivity index (χ1v) is 12.7. The Balaban J connectivity index is 1.71. The van der Waals surface area contributed by atoms with E-state index in [1.807, 2.05) is 54.6 Å². The Kier molecular flexibility index (Phi) is 8.15. The molecule has 3 amide bonds. The lowest BCUT2D eigenvalue weighted by atomic mass is 9.83. The number of carbonyl (C=O) groups excluding carboxylic acids is 3. The van der Waals surface area contributed by atoms with Crippen molar-refractivity contribution in [3.63, 3.8) is 0 Å². The van der Waals surface area contributed by atoms with Gasteiger partial charge in [0.1, 0.15) is 5.54 Å². The van der Waals surface area contributed by atoms with Gasteiger partial charge in [-0.05, 0) is 54.3 Å². The fourth-order valence-electron chi connectivity index (χ4n) is 4.59. The summed E-state index contributed by atoms with van der Waals surface area (Å²) in [6.07, 6.45) is 4.08. The number of nitrogens with one attached hydrogen (secondary N) is 1. The van der Waals surface area contributed by atoms with E-state index in [-0.39, 0.29) is 24.3 Å². The molecule has 1 N–H and O–H groups in total. The van der Waals surface area contributed by atoms with Crippen molar-refractivity contribution in [3.8, 4) is 0 Å². The van der Waals surface area contributed by atoms with Crippen LogP contribution < -0.4 is 5.32 Å². The Morgan fingerprint density at radius 1 is 0.972 bits per heavy atom. The largest absolute Gasteiger partial charge is 0.350 e. The molecule has 0 atom stereocenters. The van der Waals surface area contributed by atoms with Gasteiger partial charge in [0, 0.05) is 55.5 Å². The molecule has 1 saturated heterocycles. The highest BCUT2D eigenvalue weighted by Gasteiger charge is 2.48. The minimum atomic E-state index is -1.12. The van der Waals surface area contributed by atoms with Crippen LogP contribution in [0.4, 0.5) is 0 Å². The van der Waals surface area contributed by atoms with Gasteiger partial charge < -0.3 is 15.1 Å². The van der Waals surface area contributed by atoms with Gasteiger partial charge in [-0.2, -0.15) is 0 Å². The van der Waals surface area contributed by atoms with Gasteiger partial charge >= 0.3 is 0 Å². The monoisotopic (exact) mass is 548 g/mol. The second-order valence-electron chi connectivity index (χ2n) is 8.97. The zero-order valence-corrected chi connectivity index (χ0v) is 21.8. The highest BCUT2D eigenvalue weighted by atomic mass is 79.9. The van der Waals surface area contributed by atoms with Crippen LogP contribution in [0, 0.1) is 0 Å². The number of piperidine rings is 1. The van der Waals surface area contributed by atoms with E-state index in [2.05, 4.69) is 26.2 Å². The van der Waals surface area contributed by atoms with Crippen molar-refractivity contribution in [2.24, 2.45) is 0 Å². The number of hydrogen-bond donors (Lipinski definition) is 1. The number of aromatic nitrogens is 1. The summed E-state index contributed by atoms with van der Waals surface area (Å²) in [5, 5.41) is 3.08. The summed E-state index contributed by atoms with van der Waals surface area (Å²) in [5.41, 5.74) is 1.17. The Hall–Kier alpha value is -3.52. The van der Waals surface area contributed by atoms with Crippen molar-refractivity contribution in [2.45, 2.75) is 38.4 Å². The quantitative estimate of drug-likeness (QED) is 0.480. The Bertz CT molecular complexity index is 1190. The molecule has 0 saturated carbocycles. The second-order valence-corrected chi connectivity index (χ2v) is 9.88. The molecular formula is C28H29BrN4O3. The fourth-order valence-corrected chi connectivity index (χ4v) is 4.86. The molecule has 3 aromatic rings. The van der Waals surface area contributed by atoms with E-state index < -0.39 is 5.54 Å². The van der Waals surface area contributed by atoms with Crippen molar-refractivity contribution in [3.05, 3.63) is 100 Å². The van der Waals surface area contributed by atoms with Crippen LogP contribution in [0.25, 0.3) is 0 Å². The molecule has 186 valence electrons. The average molecular weight is 549 g/mol. The van der Waals surface area contributed by atoms with Crippen molar-refractivity contribution in [2.75, 3.05) is 13.1 Å². The summed E-state index contributed by atoms with van der Waals surface area (Å²) in [5.74, 6) is -0.493. The van der Waals surface area contributed by atoms with Crippen LogP contribution in [-0.2, 0) is 22.7 Å². The van der Waals surface area contributed by atoms with Gasteiger partial charge in [-0.1, -0.05) is 52.3 Å². The molecule has 0 bridgehead atoms. The van der Waals surface area contributed by atoms with Gasteiger partial charge in [0.2, 0.25) is 11.8 Å². The number of halogens is 1. The molecule has 8 heteroatoms. The molecule has 36 heavy (non-hydrogen) atoms. The lowest BCUT2D eigenvalue weighted by Gasteiger charge is -2.47. The van der Waals surface area contributed by atoms with E-state index in [0.29, 0.717) is 38.0 Å². The molecule has 0 radical (unpaired) electrons. The summed E-state index contributed by atoms with van der Waals surface area (Å²) in [6, 6.07) is 20.5. The number of amides is 3. The Morgan fingerprint density at radius 2 is 1.64 bits per heavy atom. The maximum atomic E-state index is 14.0. The molecule has 1 aromatic heterocycles. The molecule has 0 aliphatic carbocycles. The van der Waals surface area contributed by atoms with Crippen molar-refractivity contribution in [1.82, 2.24) is 20.1 Å². The second kappa shape index (κ2) is 11.5. The lowest BCUT2D eigenvalue weighted by Crippen LogP contribution is -2.64. The fraction of sp³-hybridized carbons (Fsp3) is 0.286. The number of hydrogen-bond acceptors (Lipinski definition) is 4. The molecule has 2 heterocycles. The molecule has 4 rings (SSSR count). The standard InChI is InChI=1S/C28H29BrN4O3/c1-21(34)32-16-13-28(14-17-32,27(36)31-19-22-6-3-2-4-7-22)33(20-23-8-5-15-30-18-23)26(35)24-9-11-25(29)12-10-24/h2-12,15,18H,13-14,16-17,19-20H2,1H3,(H,31,36). The molecular weight excluding hydrogens is 520 g/mol. The van der Waals surface area contributed by atoms with Crippen LogP contribution in [0.5, 0.6) is 0 Å². The third-order valence-corrected chi connectivity index (χ3v) is 7.20. The van der Waals surface area contributed by atoms with Gasteiger partial charge in [0.25, 0.3) is 5.91 Å². The van der Waals surface area contributed by atoms with Crippen LogP contribution in [0.1, 0.15) is 41.3 Å². The average Bonchev–Trinajstić information content (AvgIpc) is 2.91. The third-order valence-electron chi connectivity index (χ3n) is 6.67. The highest BCUT2D eigenvalue weighted by Crippen LogP contribution is 2.33. The van der Waals surface area contributed by atoms with E-state index in [9.17, 15) is 14.4 Å². The number of carbonyl (C=O) groups is 3. The van der Waals surface area contributed by atoms with Crippen LogP contribution >= 0.6 is 15.9 Å². The topological polar surface area (TPSA) is 82.6 Å². The first-order valence-electron chi connectivity index (χ1n) is 11.9. The van der Waals surface area contributed by atoms with Gasteiger partial charge in [0.15, 0.2) is 0 Å². The zero-order chi connectivity index (χ0) is 25.5. The zero-order valence-electron chi connectivity index (χ0n) is 20.2. The van der Waals surface area contributed by atoms with Crippen molar-refractivity contribution >= 4 is 33.7 Å². The van der Waals surface area contributed by atoms with Crippen LogP contribution in [0.2, 0.25) is 0 Å². The van der Waals surface area contributed by atoms with Crippen molar-refractivity contribution in [1.29, 1.82) is 0 Å². The molecule has 0 unspecified atom stereocenters. The molecule has 0 spiro atoms. The van der Waals surface area contributed by atoms with Gasteiger partial charge in [-0.3, -0.25) is 19.4 Å². The minimum Gasteiger partial charge on any atom is -0.350 e.